The second kappa shape index (κ2) is 5.94. The van der Waals surface area contributed by atoms with Crippen molar-refractivity contribution < 1.29 is 19.3 Å². The molecule has 0 spiro atoms. The second-order valence-electron chi connectivity index (χ2n) is 3.42. The lowest BCUT2D eigenvalue weighted by Gasteiger charge is -2.18. The summed E-state index contributed by atoms with van der Waals surface area (Å²) in [6, 6.07) is 0. The Morgan fingerprint density at radius 2 is 1.92 bits per heavy atom. The molecule has 0 rings (SSSR count). The summed E-state index contributed by atoms with van der Waals surface area (Å²) < 4.78 is 4.72. The van der Waals surface area contributed by atoms with Crippen molar-refractivity contribution in [1.29, 1.82) is 0 Å². The van der Waals surface area contributed by atoms with Crippen molar-refractivity contribution in [3.63, 3.8) is 0 Å². The molecule has 0 aromatic heterocycles. The zero-order valence-electron chi connectivity index (χ0n) is 8.75. The van der Waals surface area contributed by atoms with Gasteiger partial charge in [0.25, 0.3) is 0 Å². The molecule has 0 bridgehead atoms. The van der Waals surface area contributed by atoms with E-state index in [9.17, 15) is 4.79 Å². The summed E-state index contributed by atoms with van der Waals surface area (Å²) in [5.41, 5.74) is -0.479. The summed E-state index contributed by atoms with van der Waals surface area (Å²) in [5.74, 6) is -0.342. The molecule has 0 radical (unpaired) electrons. The van der Waals surface area contributed by atoms with Gasteiger partial charge in [-0.3, -0.25) is 4.89 Å². The Balaban J connectivity index is 3.62. The molecule has 0 unspecified atom stereocenters. The molecule has 4 nitrogen and oxygen atoms in total. The maximum absolute atomic E-state index is 11.3. The van der Waals surface area contributed by atoms with Gasteiger partial charge in [-0.05, 0) is 20.3 Å². The molecule has 0 aromatic rings. The first kappa shape index (κ1) is 12.4. The van der Waals surface area contributed by atoms with Crippen LogP contribution in [0.2, 0.25) is 0 Å². The van der Waals surface area contributed by atoms with E-state index in [2.05, 4.69) is 9.78 Å². The first-order valence-electron chi connectivity index (χ1n) is 4.37. The predicted molar refractivity (Wildman–Crippen MR) is 48.0 cm³/mol. The molecule has 0 atom stereocenters. The van der Waals surface area contributed by atoms with E-state index >= 15 is 0 Å². The molecule has 0 saturated carbocycles. The normalized spacial score (nSPS) is 11.4. The fourth-order valence-electron chi connectivity index (χ4n) is 0.470. The summed E-state index contributed by atoms with van der Waals surface area (Å²) in [6.07, 6.45) is 0.722. The van der Waals surface area contributed by atoms with Crippen LogP contribution in [0.4, 0.5) is 0 Å². The first-order valence-corrected chi connectivity index (χ1v) is 4.37. The maximum atomic E-state index is 11.3. The van der Waals surface area contributed by atoms with E-state index in [-0.39, 0.29) is 12.6 Å². The van der Waals surface area contributed by atoms with Crippen LogP contribution >= 0.6 is 0 Å². The van der Waals surface area contributed by atoms with Gasteiger partial charge in [-0.15, -0.1) is 0 Å². The van der Waals surface area contributed by atoms with Gasteiger partial charge < -0.3 is 4.74 Å². The zero-order valence-corrected chi connectivity index (χ0v) is 8.75. The van der Waals surface area contributed by atoms with Gasteiger partial charge >= 0.3 is 5.97 Å². The third-order valence-corrected chi connectivity index (χ3v) is 1.94. The van der Waals surface area contributed by atoms with Crippen molar-refractivity contribution in [2.75, 3.05) is 20.3 Å². The number of hydrogen-bond acceptors (Lipinski definition) is 4. The highest BCUT2D eigenvalue weighted by Gasteiger charge is 2.28. The van der Waals surface area contributed by atoms with Crippen LogP contribution in [0.3, 0.4) is 0 Å². The summed E-state index contributed by atoms with van der Waals surface area (Å²) in [4.78, 5) is 20.5. The highest BCUT2D eigenvalue weighted by molar-refractivity contribution is 5.75. The Labute approximate surface area is 79.1 Å². The molecule has 0 aliphatic rings. The molecular weight excluding hydrogens is 172 g/mol. The molecule has 4 heteroatoms. The van der Waals surface area contributed by atoms with Crippen molar-refractivity contribution in [3.05, 3.63) is 0 Å². The van der Waals surface area contributed by atoms with E-state index in [0.29, 0.717) is 6.61 Å². The molecule has 78 valence electrons. The summed E-state index contributed by atoms with van der Waals surface area (Å²) in [5, 5.41) is 0. The summed E-state index contributed by atoms with van der Waals surface area (Å²) in [7, 11) is 1.56. The van der Waals surface area contributed by atoms with Gasteiger partial charge in [-0.25, -0.2) is 4.79 Å². The van der Waals surface area contributed by atoms with E-state index in [1.54, 1.807) is 7.11 Å². The van der Waals surface area contributed by atoms with Crippen molar-refractivity contribution >= 4 is 5.97 Å². The van der Waals surface area contributed by atoms with Gasteiger partial charge in [-0.2, -0.15) is 4.89 Å². The van der Waals surface area contributed by atoms with E-state index < -0.39 is 5.41 Å². The monoisotopic (exact) mass is 190 g/mol. The standard InChI is InChI=1S/C9H18O4/c1-5-9(2,3)8(10)13-12-7-6-11-4/h5-7H2,1-4H3. The summed E-state index contributed by atoms with van der Waals surface area (Å²) >= 11 is 0. The Morgan fingerprint density at radius 3 is 2.38 bits per heavy atom. The van der Waals surface area contributed by atoms with Crippen molar-refractivity contribution in [3.8, 4) is 0 Å². The molecule has 0 saturated heterocycles. The highest BCUT2D eigenvalue weighted by atomic mass is 17.2. The van der Waals surface area contributed by atoms with Crippen LogP contribution in [0.1, 0.15) is 27.2 Å². The topological polar surface area (TPSA) is 44.8 Å². The largest absolute Gasteiger partial charge is 0.382 e. The molecule has 0 aliphatic heterocycles. The van der Waals surface area contributed by atoms with Crippen molar-refractivity contribution in [1.82, 2.24) is 0 Å². The number of methoxy groups -OCH3 is 1. The molecule has 13 heavy (non-hydrogen) atoms. The lowest BCUT2D eigenvalue weighted by molar-refractivity contribution is -0.283. The van der Waals surface area contributed by atoms with Crippen LogP contribution in [0.25, 0.3) is 0 Å². The van der Waals surface area contributed by atoms with Gasteiger partial charge in [0, 0.05) is 7.11 Å². The SMILES string of the molecule is CCC(C)(C)C(=O)OOCCOC. The number of carbonyl (C=O) groups is 1. The van der Waals surface area contributed by atoms with E-state index in [1.165, 1.54) is 0 Å². The lowest BCUT2D eigenvalue weighted by Crippen LogP contribution is -2.26. The molecule has 0 fully saturated rings. The van der Waals surface area contributed by atoms with E-state index in [4.69, 9.17) is 4.74 Å². The minimum absolute atomic E-state index is 0.266. The molecule has 0 aliphatic carbocycles. The van der Waals surface area contributed by atoms with Crippen LogP contribution in [0.5, 0.6) is 0 Å². The average Bonchev–Trinajstić information content (AvgIpc) is 2.12. The van der Waals surface area contributed by atoms with Gasteiger partial charge in [0.1, 0.15) is 6.61 Å². The Kier molecular flexibility index (Phi) is 5.66. The minimum Gasteiger partial charge on any atom is -0.382 e. The molecule has 0 amide bonds. The third kappa shape index (κ3) is 4.85. The fourth-order valence-corrected chi connectivity index (χ4v) is 0.470. The lowest BCUT2D eigenvalue weighted by atomic mass is 9.91. The third-order valence-electron chi connectivity index (χ3n) is 1.94. The smallest absolute Gasteiger partial charge is 0.347 e. The first-order chi connectivity index (χ1) is 6.04. The van der Waals surface area contributed by atoms with Crippen LogP contribution in [0, 0.1) is 5.41 Å². The zero-order chi connectivity index (χ0) is 10.3. The van der Waals surface area contributed by atoms with E-state index in [1.807, 2.05) is 20.8 Å². The van der Waals surface area contributed by atoms with Crippen LogP contribution in [0.15, 0.2) is 0 Å². The summed E-state index contributed by atoms with van der Waals surface area (Å²) in [6.45, 7) is 6.24. The molecule has 0 aromatic carbocycles. The number of rotatable bonds is 6. The fraction of sp³-hybridized carbons (Fsp3) is 0.889. The predicted octanol–water partition coefficient (Wildman–Crippen LogP) is 1.54. The average molecular weight is 190 g/mol. The van der Waals surface area contributed by atoms with Gasteiger partial charge in [0.15, 0.2) is 0 Å². The van der Waals surface area contributed by atoms with Crippen LogP contribution in [-0.2, 0) is 19.3 Å². The molecular formula is C9H18O4. The Hall–Kier alpha value is -0.610. The Bertz CT molecular complexity index is 154. The Morgan fingerprint density at radius 1 is 1.31 bits per heavy atom. The van der Waals surface area contributed by atoms with Gasteiger partial charge in [0.2, 0.25) is 0 Å². The van der Waals surface area contributed by atoms with Crippen molar-refractivity contribution in [2.45, 2.75) is 27.2 Å². The van der Waals surface area contributed by atoms with Crippen LogP contribution in [-0.4, -0.2) is 26.3 Å². The maximum Gasteiger partial charge on any atom is 0.347 e. The minimum atomic E-state index is -0.479. The quantitative estimate of drug-likeness (QED) is 0.362. The van der Waals surface area contributed by atoms with Gasteiger partial charge in [-0.1, -0.05) is 6.92 Å². The number of ether oxygens (including phenoxy) is 1. The second-order valence-corrected chi connectivity index (χ2v) is 3.42. The highest BCUT2D eigenvalue weighted by Crippen LogP contribution is 2.21. The van der Waals surface area contributed by atoms with Gasteiger partial charge in [0.05, 0.1) is 12.0 Å². The molecule has 0 N–H and O–H groups in total. The van der Waals surface area contributed by atoms with Crippen LogP contribution < -0.4 is 0 Å². The number of hydrogen-bond donors (Lipinski definition) is 0. The number of carbonyl (C=O) groups excluding carboxylic acids is 1. The van der Waals surface area contributed by atoms with E-state index in [0.717, 1.165) is 6.42 Å². The van der Waals surface area contributed by atoms with Crippen molar-refractivity contribution in [2.24, 2.45) is 5.41 Å². The molecule has 0 heterocycles.